The van der Waals surface area contributed by atoms with Crippen molar-refractivity contribution < 1.29 is 27.4 Å². The van der Waals surface area contributed by atoms with Gasteiger partial charge in [-0.25, -0.2) is 13.1 Å². The molecule has 10 heteroatoms. The summed E-state index contributed by atoms with van der Waals surface area (Å²) in [5.74, 6) is 0.681. The number of carbonyl (C=O) groups excluding carboxylic acids is 1. The van der Waals surface area contributed by atoms with Crippen molar-refractivity contribution in [1.29, 1.82) is 5.26 Å². The lowest BCUT2D eigenvalue weighted by atomic mass is 10.1. The molecule has 0 saturated heterocycles. The summed E-state index contributed by atoms with van der Waals surface area (Å²) in [4.78, 5) is 12.6. The minimum Gasteiger partial charge on any atom is -0.493 e. The number of nitrogens with zero attached hydrogens (tertiary/aromatic N) is 2. The normalized spacial score (nSPS) is 14.5. The van der Waals surface area contributed by atoms with Crippen molar-refractivity contribution in [2.75, 3.05) is 45.3 Å². The number of hydrogen-bond donors (Lipinski definition) is 1. The Labute approximate surface area is 184 Å². The molecule has 0 aliphatic heterocycles. The molecule has 2 rings (SSSR count). The first-order valence-corrected chi connectivity index (χ1v) is 12.1. The number of carbonyl (C=O) groups is 1. The molecule has 172 valence electrons. The summed E-state index contributed by atoms with van der Waals surface area (Å²) in [5.41, 5.74) is 0.821. The van der Waals surface area contributed by atoms with E-state index >= 15 is 0 Å². The molecule has 1 aromatic carbocycles. The Bertz CT molecular complexity index is 851. The highest BCUT2D eigenvalue weighted by Gasteiger charge is 2.22. The first-order chi connectivity index (χ1) is 14.8. The zero-order valence-corrected chi connectivity index (χ0v) is 18.9. The molecule has 1 aliphatic carbocycles. The Morgan fingerprint density at radius 1 is 1.35 bits per heavy atom. The summed E-state index contributed by atoms with van der Waals surface area (Å²) < 4.78 is 43.2. The largest absolute Gasteiger partial charge is 0.493 e. The highest BCUT2D eigenvalue weighted by molar-refractivity contribution is 7.89. The molecule has 9 nitrogen and oxygen atoms in total. The molecular weight excluding hydrogens is 422 g/mol. The van der Waals surface area contributed by atoms with E-state index in [1.807, 2.05) is 30.5 Å². The van der Waals surface area contributed by atoms with Gasteiger partial charge in [0.25, 0.3) is 0 Å². The van der Waals surface area contributed by atoms with Gasteiger partial charge in [-0.1, -0.05) is 12.1 Å². The van der Waals surface area contributed by atoms with Gasteiger partial charge in [0, 0.05) is 6.04 Å². The lowest BCUT2D eigenvalue weighted by Crippen LogP contribution is -2.32. The molecule has 0 unspecified atom stereocenters. The quantitative estimate of drug-likeness (QED) is 0.185. The fraction of sp³-hybridized carbons (Fsp3) is 0.619. The van der Waals surface area contributed by atoms with Crippen molar-refractivity contribution in [3.8, 4) is 11.9 Å². The van der Waals surface area contributed by atoms with Crippen LogP contribution in [-0.4, -0.2) is 64.6 Å². The maximum absolute atomic E-state index is 12.3. The zero-order valence-electron chi connectivity index (χ0n) is 18.1. The van der Waals surface area contributed by atoms with Crippen LogP contribution < -0.4 is 9.46 Å². The van der Waals surface area contributed by atoms with Crippen LogP contribution in [0.5, 0.6) is 5.75 Å². The fourth-order valence-corrected chi connectivity index (χ4v) is 3.87. The number of nitrogens with one attached hydrogen (secondary N) is 1. The first-order valence-electron chi connectivity index (χ1n) is 10.4. The molecule has 1 saturated carbocycles. The third-order valence-electron chi connectivity index (χ3n) is 4.67. The number of esters is 1. The van der Waals surface area contributed by atoms with Gasteiger partial charge >= 0.3 is 5.97 Å². The highest BCUT2D eigenvalue weighted by Crippen LogP contribution is 2.30. The van der Waals surface area contributed by atoms with Crippen LogP contribution in [0.1, 0.15) is 38.3 Å². The van der Waals surface area contributed by atoms with Gasteiger partial charge < -0.3 is 14.2 Å². The van der Waals surface area contributed by atoms with Gasteiger partial charge in [-0.3, -0.25) is 9.69 Å². The Morgan fingerprint density at radius 2 is 2.13 bits per heavy atom. The first kappa shape index (κ1) is 24.9. The lowest BCUT2D eigenvalue weighted by Gasteiger charge is -2.17. The average Bonchev–Trinajstić information content (AvgIpc) is 3.55. The summed E-state index contributed by atoms with van der Waals surface area (Å²) in [5, 5.41) is 9.02. The monoisotopic (exact) mass is 453 g/mol. The van der Waals surface area contributed by atoms with Crippen LogP contribution in [0.15, 0.2) is 24.3 Å². The SMILES string of the molecule is CCOC(=O)CN(C#N)CCOCCS(=O)(=O)N[C@H](C)c1cccc(OCC2CC2)c1. The Kier molecular flexibility index (Phi) is 10.0. The van der Waals surface area contributed by atoms with E-state index in [0.29, 0.717) is 12.5 Å². The molecule has 0 amide bonds. The lowest BCUT2D eigenvalue weighted by molar-refractivity contribution is -0.143. The smallest absolute Gasteiger partial charge is 0.326 e. The van der Waals surface area contributed by atoms with Crippen LogP contribution in [-0.2, 0) is 24.3 Å². The second-order valence-electron chi connectivity index (χ2n) is 7.42. The van der Waals surface area contributed by atoms with Gasteiger partial charge in [0.05, 0.1) is 38.7 Å². The molecule has 1 atom stereocenters. The molecule has 1 fully saturated rings. The van der Waals surface area contributed by atoms with Crippen molar-refractivity contribution >= 4 is 16.0 Å². The van der Waals surface area contributed by atoms with Crippen LogP contribution in [0.3, 0.4) is 0 Å². The van der Waals surface area contributed by atoms with Gasteiger partial charge in [-0.15, -0.1) is 0 Å². The minimum atomic E-state index is -3.56. The zero-order chi connectivity index (χ0) is 22.7. The molecule has 31 heavy (non-hydrogen) atoms. The Balaban J connectivity index is 1.70. The Morgan fingerprint density at radius 3 is 2.81 bits per heavy atom. The van der Waals surface area contributed by atoms with E-state index in [2.05, 4.69) is 4.72 Å². The molecule has 1 aliphatic rings. The molecule has 0 spiro atoms. The third kappa shape index (κ3) is 10.0. The average molecular weight is 454 g/mol. The number of benzene rings is 1. The summed E-state index contributed by atoms with van der Waals surface area (Å²) in [6.45, 7) is 4.52. The summed E-state index contributed by atoms with van der Waals surface area (Å²) >= 11 is 0. The van der Waals surface area contributed by atoms with Gasteiger partial charge in [-0.05, 0) is 50.3 Å². The van der Waals surface area contributed by atoms with E-state index in [0.717, 1.165) is 11.3 Å². The maximum atomic E-state index is 12.3. The number of rotatable bonds is 15. The summed E-state index contributed by atoms with van der Waals surface area (Å²) in [6, 6.07) is 7.02. The van der Waals surface area contributed by atoms with Crippen molar-refractivity contribution in [2.45, 2.75) is 32.7 Å². The van der Waals surface area contributed by atoms with Crippen LogP contribution in [0.25, 0.3) is 0 Å². The predicted octanol–water partition coefficient (Wildman–Crippen LogP) is 1.82. The highest BCUT2D eigenvalue weighted by atomic mass is 32.2. The minimum absolute atomic E-state index is 0.0226. The van der Waals surface area contributed by atoms with Crippen LogP contribution in [0.4, 0.5) is 0 Å². The van der Waals surface area contributed by atoms with Crippen LogP contribution in [0, 0.1) is 17.4 Å². The maximum Gasteiger partial charge on any atom is 0.326 e. The van der Waals surface area contributed by atoms with Gasteiger partial charge in [-0.2, -0.15) is 5.26 Å². The predicted molar refractivity (Wildman–Crippen MR) is 115 cm³/mol. The van der Waals surface area contributed by atoms with E-state index in [-0.39, 0.29) is 38.7 Å². The molecule has 1 N–H and O–H groups in total. The van der Waals surface area contributed by atoms with Crippen LogP contribution in [0.2, 0.25) is 0 Å². The number of hydrogen-bond acceptors (Lipinski definition) is 8. The number of ether oxygens (including phenoxy) is 3. The van der Waals surface area contributed by atoms with E-state index in [9.17, 15) is 13.2 Å². The molecular formula is C21H31N3O6S. The number of sulfonamides is 1. The van der Waals surface area contributed by atoms with Crippen LogP contribution >= 0.6 is 0 Å². The van der Waals surface area contributed by atoms with E-state index in [1.54, 1.807) is 13.8 Å². The molecule has 0 aromatic heterocycles. The van der Waals surface area contributed by atoms with Crippen molar-refractivity contribution in [2.24, 2.45) is 5.92 Å². The van der Waals surface area contributed by atoms with Gasteiger partial charge in [0.15, 0.2) is 6.19 Å². The van der Waals surface area contributed by atoms with Crippen molar-refractivity contribution in [1.82, 2.24) is 9.62 Å². The summed E-state index contributed by atoms with van der Waals surface area (Å²) in [7, 11) is -3.56. The second kappa shape index (κ2) is 12.5. The molecule has 0 radical (unpaired) electrons. The molecule has 1 aromatic rings. The topological polar surface area (TPSA) is 118 Å². The molecule has 0 bridgehead atoms. The van der Waals surface area contributed by atoms with Gasteiger partial charge in [0.2, 0.25) is 10.0 Å². The summed E-state index contributed by atoms with van der Waals surface area (Å²) in [6.07, 6.45) is 4.29. The Hall–Kier alpha value is -2.35. The van der Waals surface area contributed by atoms with Crippen molar-refractivity contribution in [3.63, 3.8) is 0 Å². The van der Waals surface area contributed by atoms with Gasteiger partial charge in [0.1, 0.15) is 12.3 Å². The van der Waals surface area contributed by atoms with E-state index in [4.69, 9.17) is 19.5 Å². The van der Waals surface area contributed by atoms with E-state index < -0.39 is 22.0 Å². The van der Waals surface area contributed by atoms with E-state index in [1.165, 1.54) is 17.7 Å². The molecule has 0 heterocycles. The van der Waals surface area contributed by atoms with Crippen molar-refractivity contribution in [3.05, 3.63) is 29.8 Å². The second-order valence-corrected chi connectivity index (χ2v) is 9.30. The third-order valence-corrected chi connectivity index (χ3v) is 6.08. The fourth-order valence-electron chi connectivity index (χ4n) is 2.74. The standard InChI is InChI=1S/C21H31N3O6S/c1-3-29-21(25)14-24(16-22)9-10-28-11-12-31(26,27)23-17(2)19-5-4-6-20(13-19)30-15-18-7-8-18/h4-6,13,17-18,23H,3,7-12,14-15H2,1-2H3/t17-/m1/s1. The number of nitriles is 1.